The lowest BCUT2D eigenvalue weighted by atomic mass is 10.1. The van der Waals surface area contributed by atoms with Gasteiger partial charge in [0.05, 0.1) is 5.39 Å². The lowest BCUT2D eigenvalue weighted by Gasteiger charge is -2.28. The van der Waals surface area contributed by atoms with Crippen LogP contribution in [0.2, 0.25) is 0 Å². The fourth-order valence-electron chi connectivity index (χ4n) is 3.90. The van der Waals surface area contributed by atoms with Crippen LogP contribution in [0.15, 0.2) is 6.20 Å². The first-order valence-corrected chi connectivity index (χ1v) is 10.6. The molecular weight excluding hydrogens is 338 g/mol. The van der Waals surface area contributed by atoms with E-state index in [0.29, 0.717) is 0 Å². The van der Waals surface area contributed by atoms with Crippen molar-refractivity contribution in [2.75, 3.05) is 47.8 Å². The molecule has 7 nitrogen and oxygen atoms in total. The first-order valence-electron chi connectivity index (χ1n) is 10.6. The minimum absolute atomic E-state index is 0.764. The standard InChI is InChI=1S/C20H31N7/c1-2-3-10-21-17-16-15-22-19(26-11-6-4-7-12-26)24-18(16)25-20(23-17)27-13-8-5-9-14-27/h15H,2-14H2,1H3,(H,21,22,23,24,25). The number of nitrogens with one attached hydrogen (secondary N) is 1. The predicted octanol–water partition coefficient (Wildman–Crippen LogP) is 3.61. The molecular formula is C20H31N7. The van der Waals surface area contributed by atoms with E-state index >= 15 is 0 Å². The van der Waals surface area contributed by atoms with Gasteiger partial charge in [0.1, 0.15) is 5.82 Å². The molecule has 0 spiro atoms. The Morgan fingerprint density at radius 3 is 2.15 bits per heavy atom. The van der Waals surface area contributed by atoms with Gasteiger partial charge < -0.3 is 15.1 Å². The first kappa shape index (κ1) is 18.2. The van der Waals surface area contributed by atoms with Crippen LogP contribution in [0.3, 0.4) is 0 Å². The Kier molecular flexibility index (Phi) is 5.84. The minimum Gasteiger partial charge on any atom is -0.369 e. The van der Waals surface area contributed by atoms with E-state index in [4.69, 9.17) is 15.0 Å². The zero-order valence-electron chi connectivity index (χ0n) is 16.5. The number of rotatable bonds is 6. The van der Waals surface area contributed by atoms with Gasteiger partial charge in [-0.05, 0) is 44.9 Å². The van der Waals surface area contributed by atoms with Gasteiger partial charge in [0.2, 0.25) is 11.9 Å². The molecule has 1 N–H and O–H groups in total. The van der Waals surface area contributed by atoms with Crippen LogP contribution in [0.25, 0.3) is 11.0 Å². The maximum Gasteiger partial charge on any atom is 0.229 e. The molecule has 27 heavy (non-hydrogen) atoms. The second-order valence-corrected chi connectivity index (χ2v) is 7.66. The van der Waals surface area contributed by atoms with Gasteiger partial charge in [0.15, 0.2) is 5.65 Å². The molecule has 146 valence electrons. The van der Waals surface area contributed by atoms with E-state index in [1.54, 1.807) is 0 Å². The maximum absolute atomic E-state index is 4.85. The second kappa shape index (κ2) is 8.67. The highest BCUT2D eigenvalue weighted by Crippen LogP contribution is 2.26. The zero-order valence-corrected chi connectivity index (χ0v) is 16.5. The smallest absolute Gasteiger partial charge is 0.229 e. The third kappa shape index (κ3) is 4.22. The van der Waals surface area contributed by atoms with Crippen molar-refractivity contribution >= 4 is 28.7 Å². The van der Waals surface area contributed by atoms with Crippen LogP contribution in [0.1, 0.15) is 58.3 Å². The van der Waals surface area contributed by atoms with Crippen LogP contribution in [0.4, 0.5) is 17.7 Å². The van der Waals surface area contributed by atoms with E-state index in [9.17, 15) is 0 Å². The molecule has 2 saturated heterocycles. The second-order valence-electron chi connectivity index (χ2n) is 7.66. The summed E-state index contributed by atoms with van der Waals surface area (Å²) in [4.78, 5) is 23.8. The summed E-state index contributed by atoms with van der Waals surface area (Å²) >= 11 is 0. The summed E-state index contributed by atoms with van der Waals surface area (Å²) in [5, 5.41) is 4.42. The third-order valence-corrected chi connectivity index (χ3v) is 5.53. The van der Waals surface area contributed by atoms with Crippen LogP contribution in [0.5, 0.6) is 0 Å². The number of unbranched alkanes of at least 4 members (excludes halogenated alkanes) is 1. The number of aromatic nitrogens is 4. The molecule has 0 saturated carbocycles. The summed E-state index contributed by atoms with van der Waals surface area (Å²) in [7, 11) is 0. The summed E-state index contributed by atoms with van der Waals surface area (Å²) in [5.41, 5.74) is 0.764. The summed E-state index contributed by atoms with van der Waals surface area (Å²) < 4.78 is 0. The Morgan fingerprint density at radius 1 is 0.852 bits per heavy atom. The molecule has 0 amide bonds. The number of piperidine rings is 2. The highest BCUT2D eigenvalue weighted by molar-refractivity contribution is 5.87. The molecule has 2 aliphatic heterocycles. The largest absolute Gasteiger partial charge is 0.369 e. The third-order valence-electron chi connectivity index (χ3n) is 5.53. The normalized spacial score (nSPS) is 18.1. The van der Waals surface area contributed by atoms with Crippen molar-refractivity contribution in [1.29, 1.82) is 0 Å². The van der Waals surface area contributed by atoms with Crippen LogP contribution in [-0.2, 0) is 0 Å². The van der Waals surface area contributed by atoms with Gasteiger partial charge in [-0.2, -0.15) is 15.0 Å². The van der Waals surface area contributed by atoms with Crippen LogP contribution >= 0.6 is 0 Å². The molecule has 4 heterocycles. The van der Waals surface area contributed by atoms with Crippen molar-refractivity contribution < 1.29 is 0 Å². The van der Waals surface area contributed by atoms with E-state index in [2.05, 4.69) is 27.0 Å². The number of hydrogen-bond donors (Lipinski definition) is 1. The molecule has 0 bridgehead atoms. The SMILES string of the molecule is CCCCNc1nc(N2CCCCC2)nc2nc(N3CCCCC3)ncc12. The van der Waals surface area contributed by atoms with E-state index in [1.165, 1.54) is 38.5 Å². The average molecular weight is 370 g/mol. The Labute approximate surface area is 161 Å². The van der Waals surface area contributed by atoms with Gasteiger partial charge in [-0.3, -0.25) is 0 Å². The van der Waals surface area contributed by atoms with Crippen molar-refractivity contribution in [2.45, 2.75) is 58.3 Å². The minimum atomic E-state index is 0.764. The van der Waals surface area contributed by atoms with Crippen LogP contribution < -0.4 is 15.1 Å². The molecule has 0 unspecified atom stereocenters. The molecule has 7 heteroatoms. The van der Waals surface area contributed by atoms with Crippen LogP contribution in [0, 0.1) is 0 Å². The van der Waals surface area contributed by atoms with E-state index in [0.717, 1.165) is 74.3 Å². The molecule has 2 aromatic heterocycles. The Hall–Kier alpha value is -2.18. The first-order chi connectivity index (χ1) is 13.3. The molecule has 2 fully saturated rings. The van der Waals surface area contributed by atoms with Crippen molar-refractivity contribution in [3.05, 3.63) is 6.20 Å². The number of nitrogens with zero attached hydrogens (tertiary/aromatic N) is 6. The summed E-state index contributed by atoms with van der Waals surface area (Å²) in [5.74, 6) is 2.49. The topological polar surface area (TPSA) is 70.1 Å². The lowest BCUT2D eigenvalue weighted by Crippen LogP contribution is -2.32. The number of anilines is 3. The van der Waals surface area contributed by atoms with Gasteiger partial charge in [-0.25, -0.2) is 4.98 Å². The lowest BCUT2D eigenvalue weighted by molar-refractivity contribution is 0.567. The van der Waals surface area contributed by atoms with Crippen molar-refractivity contribution in [3.8, 4) is 0 Å². The Balaban J connectivity index is 1.68. The molecule has 0 aliphatic carbocycles. The highest BCUT2D eigenvalue weighted by Gasteiger charge is 2.19. The fourth-order valence-corrected chi connectivity index (χ4v) is 3.90. The van der Waals surface area contributed by atoms with Gasteiger partial charge in [-0.15, -0.1) is 0 Å². The molecule has 0 aromatic carbocycles. The zero-order chi connectivity index (χ0) is 18.5. The molecule has 2 aliphatic rings. The van der Waals surface area contributed by atoms with Crippen molar-refractivity contribution in [2.24, 2.45) is 0 Å². The van der Waals surface area contributed by atoms with E-state index in [-0.39, 0.29) is 0 Å². The monoisotopic (exact) mass is 369 g/mol. The number of hydrogen-bond acceptors (Lipinski definition) is 7. The van der Waals surface area contributed by atoms with E-state index < -0.39 is 0 Å². The maximum atomic E-state index is 4.85. The van der Waals surface area contributed by atoms with Gasteiger partial charge >= 0.3 is 0 Å². The van der Waals surface area contributed by atoms with E-state index in [1.807, 2.05) is 6.20 Å². The average Bonchev–Trinajstić information content (AvgIpc) is 2.74. The quantitative estimate of drug-likeness (QED) is 0.780. The van der Waals surface area contributed by atoms with Crippen molar-refractivity contribution in [1.82, 2.24) is 19.9 Å². The summed E-state index contributed by atoms with van der Waals surface area (Å²) in [6.07, 6.45) is 11.6. The summed E-state index contributed by atoms with van der Waals surface area (Å²) in [6, 6.07) is 0. The molecule has 0 radical (unpaired) electrons. The molecule has 4 rings (SSSR count). The Bertz CT molecular complexity index is 746. The molecule has 2 aromatic rings. The van der Waals surface area contributed by atoms with Gasteiger partial charge in [-0.1, -0.05) is 13.3 Å². The summed E-state index contributed by atoms with van der Waals surface area (Å²) in [6.45, 7) is 7.26. The predicted molar refractivity (Wildman–Crippen MR) is 111 cm³/mol. The number of fused-ring (bicyclic) bond motifs is 1. The van der Waals surface area contributed by atoms with Crippen LogP contribution in [-0.4, -0.2) is 52.7 Å². The Morgan fingerprint density at radius 2 is 1.48 bits per heavy atom. The highest BCUT2D eigenvalue weighted by atomic mass is 15.3. The fraction of sp³-hybridized carbons (Fsp3) is 0.700. The van der Waals surface area contributed by atoms with Gasteiger partial charge in [0, 0.05) is 38.9 Å². The molecule has 0 atom stereocenters. The van der Waals surface area contributed by atoms with Gasteiger partial charge in [0.25, 0.3) is 0 Å². The van der Waals surface area contributed by atoms with Crippen molar-refractivity contribution in [3.63, 3.8) is 0 Å².